The minimum absolute atomic E-state index is 0.0686. The first kappa shape index (κ1) is 13.8. The number of rotatable bonds is 5. The number of carbonyl (C=O) groups is 2. The topological polar surface area (TPSA) is 75.6 Å². The molecule has 0 spiro atoms. The average molecular weight is 243 g/mol. The molecular weight excluding hydrogens is 222 g/mol. The number of amides is 1. The number of carbonyl (C=O) groups excluding carboxylic acids is 1. The van der Waals surface area contributed by atoms with Crippen LogP contribution in [0.1, 0.15) is 46.5 Å². The lowest BCUT2D eigenvalue weighted by Gasteiger charge is -2.23. The van der Waals surface area contributed by atoms with E-state index in [1.54, 1.807) is 20.8 Å². The minimum Gasteiger partial charge on any atom is -0.481 e. The van der Waals surface area contributed by atoms with Gasteiger partial charge in [0.1, 0.15) is 5.60 Å². The summed E-state index contributed by atoms with van der Waals surface area (Å²) in [4.78, 5) is 22.1. The lowest BCUT2D eigenvalue weighted by Crippen LogP contribution is -2.40. The van der Waals surface area contributed by atoms with Crippen molar-refractivity contribution < 1.29 is 19.4 Å². The van der Waals surface area contributed by atoms with Gasteiger partial charge in [0.2, 0.25) is 0 Å². The standard InChI is InChI=1S/C12H21NO4/c1-12(2,3)17-11(16)13-9(8-4-5-8)6-7-10(14)15/h8-9H,4-7H2,1-3H3,(H,13,16)(H,14,15). The summed E-state index contributed by atoms with van der Waals surface area (Å²) in [6.45, 7) is 5.40. The molecule has 1 saturated carbocycles. The van der Waals surface area contributed by atoms with E-state index < -0.39 is 17.7 Å². The molecule has 17 heavy (non-hydrogen) atoms. The van der Waals surface area contributed by atoms with Gasteiger partial charge in [0.25, 0.3) is 0 Å². The summed E-state index contributed by atoms with van der Waals surface area (Å²) < 4.78 is 5.16. The highest BCUT2D eigenvalue weighted by molar-refractivity contribution is 5.69. The molecule has 0 radical (unpaired) electrons. The summed E-state index contributed by atoms with van der Waals surface area (Å²) in [6, 6.07) is -0.0686. The van der Waals surface area contributed by atoms with Gasteiger partial charge in [0.15, 0.2) is 0 Å². The van der Waals surface area contributed by atoms with Gasteiger partial charge >= 0.3 is 12.1 Å². The van der Waals surface area contributed by atoms with E-state index in [1.165, 1.54) is 0 Å². The third-order valence-corrected chi connectivity index (χ3v) is 2.56. The van der Waals surface area contributed by atoms with Crippen LogP contribution >= 0.6 is 0 Å². The van der Waals surface area contributed by atoms with Gasteiger partial charge < -0.3 is 15.2 Å². The Morgan fingerprint density at radius 1 is 1.41 bits per heavy atom. The van der Waals surface area contributed by atoms with Crippen LogP contribution in [0.4, 0.5) is 4.79 Å². The van der Waals surface area contributed by atoms with Crippen molar-refractivity contribution in [1.82, 2.24) is 5.32 Å². The molecule has 98 valence electrons. The smallest absolute Gasteiger partial charge is 0.407 e. The molecule has 0 saturated heterocycles. The molecule has 1 unspecified atom stereocenters. The number of aliphatic carboxylic acids is 1. The Bertz CT molecular complexity index is 291. The van der Waals surface area contributed by atoms with Crippen molar-refractivity contribution in [2.24, 2.45) is 5.92 Å². The van der Waals surface area contributed by atoms with Gasteiger partial charge in [-0.15, -0.1) is 0 Å². The molecule has 1 aliphatic carbocycles. The zero-order chi connectivity index (χ0) is 13.1. The maximum absolute atomic E-state index is 11.6. The van der Waals surface area contributed by atoms with Gasteiger partial charge in [0.05, 0.1) is 0 Å². The molecule has 0 aliphatic heterocycles. The van der Waals surface area contributed by atoms with E-state index >= 15 is 0 Å². The van der Waals surface area contributed by atoms with E-state index in [4.69, 9.17) is 9.84 Å². The second kappa shape index (κ2) is 5.38. The summed E-state index contributed by atoms with van der Waals surface area (Å²) in [5.41, 5.74) is -0.523. The van der Waals surface area contributed by atoms with Crippen LogP contribution in [-0.2, 0) is 9.53 Å². The first-order chi connectivity index (χ1) is 7.78. The van der Waals surface area contributed by atoms with Gasteiger partial charge in [-0.05, 0) is 46.0 Å². The molecule has 0 aromatic rings. The Morgan fingerprint density at radius 2 is 2.00 bits per heavy atom. The SMILES string of the molecule is CC(C)(C)OC(=O)NC(CCC(=O)O)C1CC1. The van der Waals surface area contributed by atoms with Crippen LogP contribution in [0.15, 0.2) is 0 Å². The highest BCUT2D eigenvalue weighted by Crippen LogP contribution is 2.34. The highest BCUT2D eigenvalue weighted by atomic mass is 16.6. The zero-order valence-corrected chi connectivity index (χ0v) is 10.7. The Labute approximate surface area is 102 Å². The molecule has 1 aliphatic rings. The van der Waals surface area contributed by atoms with E-state index in [0.29, 0.717) is 12.3 Å². The third-order valence-electron chi connectivity index (χ3n) is 2.56. The van der Waals surface area contributed by atoms with E-state index in [2.05, 4.69) is 5.32 Å². The van der Waals surface area contributed by atoms with Crippen LogP contribution in [0.25, 0.3) is 0 Å². The maximum atomic E-state index is 11.6. The van der Waals surface area contributed by atoms with Gasteiger partial charge in [-0.25, -0.2) is 4.79 Å². The Morgan fingerprint density at radius 3 is 2.41 bits per heavy atom. The highest BCUT2D eigenvalue weighted by Gasteiger charge is 2.33. The van der Waals surface area contributed by atoms with Crippen molar-refractivity contribution >= 4 is 12.1 Å². The van der Waals surface area contributed by atoms with Crippen LogP contribution in [0, 0.1) is 5.92 Å². The monoisotopic (exact) mass is 243 g/mol. The third kappa shape index (κ3) is 6.14. The zero-order valence-electron chi connectivity index (χ0n) is 10.7. The van der Waals surface area contributed by atoms with Gasteiger partial charge in [-0.2, -0.15) is 0 Å². The minimum atomic E-state index is -0.832. The molecule has 0 aromatic heterocycles. The number of ether oxygens (including phenoxy) is 1. The van der Waals surface area contributed by atoms with Crippen molar-refractivity contribution in [1.29, 1.82) is 0 Å². The first-order valence-corrected chi connectivity index (χ1v) is 5.99. The molecular formula is C12H21NO4. The van der Waals surface area contributed by atoms with Crippen molar-refractivity contribution in [3.63, 3.8) is 0 Å². The predicted molar refractivity (Wildman–Crippen MR) is 62.8 cm³/mol. The summed E-state index contributed by atoms with van der Waals surface area (Å²) >= 11 is 0. The number of carboxylic acids is 1. The summed E-state index contributed by atoms with van der Waals surface area (Å²) in [6.07, 6.45) is 2.20. The van der Waals surface area contributed by atoms with E-state index in [1.807, 2.05) is 0 Å². The summed E-state index contributed by atoms with van der Waals surface area (Å²) in [5, 5.41) is 11.4. The molecule has 5 nitrogen and oxygen atoms in total. The van der Waals surface area contributed by atoms with Gasteiger partial charge in [-0.3, -0.25) is 4.79 Å². The average Bonchev–Trinajstić information content (AvgIpc) is 2.91. The Kier molecular flexibility index (Phi) is 4.37. The van der Waals surface area contributed by atoms with E-state index in [-0.39, 0.29) is 12.5 Å². The Balaban J connectivity index is 2.38. The van der Waals surface area contributed by atoms with E-state index in [9.17, 15) is 9.59 Å². The number of hydrogen-bond donors (Lipinski definition) is 2. The van der Waals surface area contributed by atoms with Crippen LogP contribution in [0.3, 0.4) is 0 Å². The van der Waals surface area contributed by atoms with Crippen LogP contribution in [0.5, 0.6) is 0 Å². The molecule has 2 N–H and O–H groups in total. The van der Waals surface area contributed by atoms with E-state index in [0.717, 1.165) is 12.8 Å². The van der Waals surface area contributed by atoms with Crippen molar-refractivity contribution in [3.8, 4) is 0 Å². The Hall–Kier alpha value is -1.26. The lowest BCUT2D eigenvalue weighted by atomic mass is 10.1. The van der Waals surface area contributed by atoms with Crippen molar-refractivity contribution in [2.45, 2.75) is 58.1 Å². The fraction of sp³-hybridized carbons (Fsp3) is 0.833. The maximum Gasteiger partial charge on any atom is 0.407 e. The molecule has 0 aromatic carbocycles. The second-order valence-electron chi connectivity index (χ2n) is 5.52. The molecule has 5 heteroatoms. The molecule has 1 fully saturated rings. The summed E-state index contributed by atoms with van der Waals surface area (Å²) in [5.74, 6) is -0.413. The van der Waals surface area contributed by atoms with Crippen molar-refractivity contribution in [2.75, 3.05) is 0 Å². The number of alkyl carbamates (subject to hydrolysis) is 1. The fourth-order valence-electron chi connectivity index (χ4n) is 1.66. The number of nitrogens with one attached hydrogen (secondary N) is 1. The molecule has 1 rings (SSSR count). The van der Waals surface area contributed by atoms with Crippen LogP contribution < -0.4 is 5.32 Å². The number of hydrogen-bond acceptors (Lipinski definition) is 3. The van der Waals surface area contributed by atoms with Gasteiger partial charge in [0, 0.05) is 12.5 Å². The predicted octanol–water partition coefficient (Wildman–Crippen LogP) is 2.15. The number of carboxylic acid groups (broad SMARTS) is 1. The van der Waals surface area contributed by atoms with Crippen LogP contribution in [-0.4, -0.2) is 28.8 Å². The molecule has 1 amide bonds. The van der Waals surface area contributed by atoms with Crippen LogP contribution in [0.2, 0.25) is 0 Å². The normalized spacial score (nSPS) is 17.4. The first-order valence-electron chi connectivity index (χ1n) is 5.99. The summed E-state index contributed by atoms with van der Waals surface area (Å²) in [7, 11) is 0. The molecule has 1 atom stereocenters. The lowest BCUT2D eigenvalue weighted by molar-refractivity contribution is -0.137. The fourth-order valence-corrected chi connectivity index (χ4v) is 1.66. The second-order valence-corrected chi connectivity index (χ2v) is 5.52. The molecule has 0 bridgehead atoms. The largest absolute Gasteiger partial charge is 0.481 e. The van der Waals surface area contributed by atoms with Gasteiger partial charge in [-0.1, -0.05) is 0 Å². The quantitative estimate of drug-likeness (QED) is 0.775. The van der Waals surface area contributed by atoms with Crippen molar-refractivity contribution in [3.05, 3.63) is 0 Å². The molecule has 0 heterocycles.